The summed E-state index contributed by atoms with van der Waals surface area (Å²) < 4.78 is 27.8. The summed E-state index contributed by atoms with van der Waals surface area (Å²) in [5.74, 6) is 0. The molecule has 2 bridgehead atoms. The fourth-order valence-electron chi connectivity index (χ4n) is 3.63. The van der Waals surface area contributed by atoms with Crippen LogP contribution in [0, 0.1) is 12.3 Å². The quantitative estimate of drug-likeness (QED) is 0.636. The molecule has 1 aromatic rings. The molecule has 1 aliphatic carbocycles. The number of aryl methyl sites for hydroxylation is 1. The van der Waals surface area contributed by atoms with Gasteiger partial charge in [0.2, 0.25) is 10.0 Å². The zero-order valence-electron chi connectivity index (χ0n) is 13.0. The van der Waals surface area contributed by atoms with Gasteiger partial charge in [0.25, 0.3) is 0 Å². The maximum atomic E-state index is 13.1. The molecule has 1 aromatic carbocycles. The SMILES string of the molecule is Cc1ccc(S(=O)(=O)N2C[C@@]3(C)C[C@@H]2[C@H](Br)C[C@@]3(C)Br)cc1. The van der Waals surface area contributed by atoms with E-state index in [4.69, 9.17) is 0 Å². The third-order valence-corrected chi connectivity index (χ3v) is 9.52. The van der Waals surface area contributed by atoms with Crippen LogP contribution in [-0.2, 0) is 10.0 Å². The molecule has 0 radical (unpaired) electrons. The Balaban J connectivity index is 2.01. The van der Waals surface area contributed by atoms with Gasteiger partial charge in [0.05, 0.1) is 4.90 Å². The van der Waals surface area contributed by atoms with Gasteiger partial charge >= 0.3 is 0 Å². The summed E-state index contributed by atoms with van der Waals surface area (Å²) in [7, 11) is -3.45. The number of sulfonamides is 1. The number of hydrogen-bond donors (Lipinski definition) is 0. The molecule has 0 N–H and O–H groups in total. The van der Waals surface area contributed by atoms with Crippen molar-refractivity contribution in [2.75, 3.05) is 6.54 Å². The zero-order valence-corrected chi connectivity index (χ0v) is 17.0. The Morgan fingerprint density at radius 1 is 1.18 bits per heavy atom. The predicted molar refractivity (Wildman–Crippen MR) is 96.2 cm³/mol. The van der Waals surface area contributed by atoms with E-state index in [1.807, 2.05) is 19.1 Å². The van der Waals surface area contributed by atoms with E-state index in [2.05, 4.69) is 45.7 Å². The Hall–Kier alpha value is 0.0900. The topological polar surface area (TPSA) is 37.4 Å². The first-order valence-corrected chi connectivity index (χ1v) is 10.6. The van der Waals surface area contributed by atoms with Gasteiger partial charge in [-0.25, -0.2) is 8.42 Å². The number of fused-ring (bicyclic) bond motifs is 2. The molecule has 3 nitrogen and oxygen atoms in total. The zero-order chi connectivity index (χ0) is 16.3. The Kier molecular flexibility index (Phi) is 4.08. The van der Waals surface area contributed by atoms with Crippen LogP contribution in [0.3, 0.4) is 0 Å². The lowest BCUT2D eigenvalue weighted by molar-refractivity contribution is 0.224. The lowest BCUT2D eigenvalue weighted by Gasteiger charge is -2.44. The minimum absolute atomic E-state index is 0.0296. The molecule has 1 heterocycles. The smallest absolute Gasteiger partial charge is 0.207 e. The van der Waals surface area contributed by atoms with Crippen molar-refractivity contribution in [3.05, 3.63) is 29.8 Å². The average molecular weight is 451 g/mol. The van der Waals surface area contributed by atoms with Gasteiger partial charge < -0.3 is 0 Å². The molecule has 4 atom stereocenters. The maximum Gasteiger partial charge on any atom is 0.243 e. The van der Waals surface area contributed by atoms with Crippen molar-refractivity contribution < 1.29 is 8.42 Å². The van der Waals surface area contributed by atoms with E-state index in [1.54, 1.807) is 16.4 Å². The lowest BCUT2D eigenvalue weighted by Crippen LogP contribution is -2.46. The Morgan fingerprint density at radius 2 is 1.77 bits per heavy atom. The number of halogens is 2. The van der Waals surface area contributed by atoms with Crippen LogP contribution in [0.4, 0.5) is 0 Å². The molecule has 6 heteroatoms. The molecule has 0 amide bonds. The van der Waals surface area contributed by atoms with Crippen LogP contribution in [0.25, 0.3) is 0 Å². The van der Waals surface area contributed by atoms with Crippen molar-refractivity contribution in [3.8, 4) is 0 Å². The standard InChI is InChI=1S/C16H21Br2NO2S/c1-11-4-6-12(7-5-11)22(20,21)19-10-15(2)9-14(19)13(17)8-16(15,3)18/h4-7,13-14H,8-10H2,1-3H3/t13-,14-,15-,16-/m1/s1. The number of alkyl halides is 2. The van der Waals surface area contributed by atoms with Gasteiger partial charge in [-0.3, -0.25) is 0 Å². The molecule has 1 aliphatic heterocycles. The van der Waals surface area contributed by atoms with E-state index >= 15 is 0 Å². The second-order valence-electron chi connectivity index (χ2n) is 7.11. The first-order valence-electron chi connectivity index (χ1n) is 7.48. The minimum atomic E-state index is -3.45. The highest BCUT2D eigenvalue weighted by Crippen LogP contribution is 2.57. The Bertz CT molecular complexity index is 687. The largest absolute Gasteiger partial charge is 0.243 e. The summed E-state index contributed by atoms with van der Waals surface area (Å²) in [5, 5.41) is 0. The number of rotatable bonds is 2. The van der Waals surface area contributed by atoms with Crippen LogP contribution in [0.2, 0.25) is 0 Å². The van der Waals surface area contributed by atoms with Crippen LogP contribution < -0.4 is 0 Å². The highest BCUT2D eigenvalue weighted by molar-refractivity contribution is 9.10. The number of benzene rings is 1. The van der Waals surface area contributed by atoms with Crippen molar-refractivity contribution in [3.63, 3.8) is 0 Å². The third kappa shape index (κ3) is 2.50. The molecular weight excluding hydrogens is 430 g/mol. The van der Waals surface area contributed by atoms with E-state index in [-0.39, 0.29) is 20.6 Å². The van der Waals surface area contributed by atoms with E-state index < -0.39 is 10.0 Å². The van der Waals surface area contributed by atoms with Crippen molar-refractivity contribution in [2.24, 2.45) is 5.41 Å². The highest BCUT2D eigenvalue weighted by atomic mass is 79.9. The third-order valence-electron chi connectivity index (χ3n) is 5.42. The maximum absolute atomic E-state index is 13.1. The second-order valence-corrected chi connectivity index (χ2v) is 11.9. The van der Waals surface area contributed by atoms with Gasteiger partial charge in [0.15, 0.2) is 0 Å². The van der Waals surface area contributed by atoms with Crippen molar-refractivity contribution in [1.82, 2.24) is 4.31 Å². The first-order chi connectivity index (χ1) is 10.1. The van der Waals surface area contributed by atoms with Gasteiger partial charge in [-0.05, 0) is 44.2 Å². The van der Waals surface area contributed by atoms with Crippen LogP contribution in [0.5, 0.6) is 0 Å². The molecule has 122 valence electrons. The number of hydrogen-bond acceptors (Lipinski definition) is 2. The van der Waals surface area contributed by atoms with Crippen LogP contribution >= 0.6 is 31.9 Å². The van der Waals surface area contributed by atoms with Crippen LogP contribution in [-0.4, -0.2) is 34.5 Å². The summed E-state index contributed by atoms with van der Waals surface area (Å²) in [6.45, 7) is 6.90. The van der Waals surface area contributed by atoms with Crippen LogP contribution in [0.15, 0.2) is 29.2 Å². The molecule has 0 aromatic heterocycles. The highest BCUT2D eigenvalue weighted by Gasteiger charge is 2.60. The minimum Gasteiger partial charge on any atom is -0.207 e. The van der Waals surface area contributed by atoms with E-state index in [0.29, 0.717) is 11.4 Å². The second kappa shape index (κ2) is 5.30. The van der Waals surface area contributed by atoms with E-state index in [1.165, 1.54) is 0 Å². The van der Waals surface area contributed by atoms with Crippen LogP contribution in [0.1, 0.15) is 32.3 Å². The normalized spacial score (nSPS) is 39.1. The Morgan fingerprint density at radius 3 is 2.36 bits per heavy atom. The van der Waals surface area contributed by atoms with Gasteiger partial charge in [-0.2, -0.15) is 4.31 Å². The van der Waals surface area contributed by atoms with Gasteiger partial charge in [-0.1, -0.05) is 56.5 Å². The average Bonchev–Trinajstić information content (AvgIpc) is 2.76. The summed E-state index contributed by atoms with van der Waals surface area (Å²) >= 11 is 7.57. The van der Waals surface area contributed by atoms with E-state index in [0.717, 1.165) is 18.4 Å². The predicted octanol–water partition coefficient (Wildman–Crippen LogP) is 4.09. The van der Waals surface area contributed by atoms with Crippen molar-refractivity contribution in [2.45, 2.75) is 53.7 Å². The van der Waals surface area contributed by atoms with Crippen molar-refractivity contribution >= 4 is 41.9 Å². The first kappa shape index (κ1) is 16.9. The van der Waals surface area contributed by atoms with Gasteiger partial charge in [0.1, 0.15) is 0 Å². The Labute approximate surface area is 149 Å². The summed E-state index contributed by atoms with van der Waals surface area (Å²) in [5.41, 5.74) is 1.03. The molecule has 2 aliphatic rings. The molecule has 22 heavy (non-hydrogen) atoms. The molecule has 1 saturated heterocycles. The fraction of sp³-hybridized carbons (Fsp3) is 0.625. The molecule has 0 unspecified atom stereocenters. The summed E-state index contributed by atoms with van der Waals surface area (Å²) in [6.07, 6.45) is 1.81. The van der Waals surface area contributed by atoms with Gasteiger partial charge in [-0.15, -0.1) is 0 Å². The number of nitrogens with zero attached hydrogens (tertiary/aromatic N) is 1. The fourth-order valence-corrected chi connectivity index (χ4v) is 7.76. The molecular formula is C16H21Br2NO2S. The summed E-state index contributed by atoms with van der Waals surface area (Å²) in [6, 6.07) is 7.17. The van der Waals surface area contributed by atoms with Crippen molar-refractivity contribution in [1.29, 1.82) is 0 Å². The van der Waals surface area contributed by atoms with E-state index in [9.17, 15) is 8.42 Å². The van der Waals surface area contributed by atoms with Gasteiger partial charge in [0, 0.05) is 21.7 Å². The summed E-state index contributed by atoms with van der Waals surface area (Å²) in [4.78, 5) is 0.567. The monoisotopic (exact) mass is 449 g/mol. The molecule has 3 rings (SSSR count). The lowest BCUT2D eigenvalue weighted by atomic mass is 9.69. The molecule has 2 fully saturated rings. The molecule has 0 spiro atoms. The molecule has 1 saturated carbocycles.